The summed E-state index contributed by atoms with van der Waals surface area (Å²) in [5.41, 5.74) is 3.07. The molecule has 28 heavy (non-hydrogen) atoms. The summed E-state index contributed by atoms with van der Waals surface area (Å²) in [6.45, 7) is 1.39. The average Bonchev–Trinajstić information content (AvgIpc) is 3.42. The molecule has 0 N–H and O–H groups in total. The molecule has 0 bridgehead atoms. The van der Waals surface area contributed by atoms with E-state index >= 15 is 0 Å². The first-order valence-corrected chi connectivity index (χ1v) is 9.71. The smallest absolute Gasteiger partial charge is 0.161 e. The van der Waals surface area contributed by atoms with E-state index in [0.29, 0.717) is 17.5 Å². The van der Waals surface area contributed by atoms with Crippen molar-refractivity contribution in [3.05, 3.63) is 65.7 Å². The van der Waals surface area contributed by atoms with Crippen LogP contribution in [-0.2, 0) is 18.2 Å². The normalized spacial score (nSPS) is 19.5. The van der Waals surface area contributed by atoms with Crippen LogP contribution in [-0.4, -0.2) is 37.5 Å². The van der Waals surface area contributed by atoms with Gasteiger partial charge in [0.15, 0.2) is 5.82 Å². The molecule has 0 saturated carbocycles. The molecular formula is C21H20ClN5O. The molecule has 0 amide bonds. The SMILES string of the molecule is Cn1nc(-c2nccn2[C@@H]2COC[C@H]2Cc2ccncc2)c2c(Cl)cccc21. The number of pyridine rings is 1. The molecule has 5 rings (SSSR count). The van der Waals surface area contributed by atoms with Crippen LogP contribution >= 0.6 is 11.6 Å². The Balaban J connectivity index is 1.55. The van der Waals surface area contributed by atoms with Crippen molar-refractivity contribution in [1.29, 1.82) is 0 Å². The van der Waals surface area contributed by atoms with Gasteiger partial charge in [0.05, 0.1) is 29.8 Å². The zero-order valence-electron chi connectivity index (χ0n) is 15.5. The molecule has 4 aromatic rings. The molecule has 1 fully saturated rings. The molecule has 3 aromatic heterocycles. The van der Waals surface area contributed by atoms with Crippen LogP contribution in [0, 0.1) is 5.92 Å². The third-order valence-corrected chi connectivity index (χ3v) is 5.79. The van der Waals surface area contributed by atoms with Crippen molar-refractivity contribution in [1.82, 2.24) is 24.3 Å². The van der Waals surface area contributed by atoms with E-state index in [9.17, 15) is 0 Å². The highest BCUT2D eigenvalue weighted by atomic mass is 35.5. The Kier molecular flexibility index (Phi) is 4.37. The molecule has 7 heteroatoms. The van der Waals surface area contributed by atoms with Crippen molar-refractivity contribution >= 4 is 22.5 Å². The first-order valence-electron chi connectivity index (χ1n) is 9.33. The van der Waals surface area contributed by atoms with E-state index < -0.39 is 0 Å². The highest BCUT2D eigenvalue weighted by Crippen LogP contribution is 2.36. The van der Waals surface area contributed by atoms with Crippen LogP contribution < -0.4 is 0 Å². The first-order chi connectivity index (χ1) is 13.7. The number of fused-ring (bicyclic) bond motifs is 1. The molecule has 1 aliphatic heterocycles. The minimum Gasteiger partial charge on any atom is -0.379 e. The fourth-order valence-corrected chi connectivity index (χ4v) is 4.36. The summed E-state index contributed by atoms with van der Waals surface area (Å²) < 4.78 is 9.91. The van der Waals surface area contributed by atoms with Crippen LogP contribution in [0.4, 0.5) is 0 Å². The Hall–Kier alpha value is -2.70. The monoisotopic (exact) mass is 393 g/mol. The molecule has 1 aliphatic rings. The van der Waals surface area contributed by atoms with Crippen LogP contribution in [0.15, 0.2) is 55.1 Å². The highest BCUT2D eigenvalue weighted by molar-refractivity contribution is 6.36. The summed E-state index contributed by atoms with van der Waals surface area (Å²) in [6, 6.07) is 10.2. The second kappa shape index (κ2) is 7.04. The van der Waals surface area contributed by atoms with Gasteiger partial charge in [0, 0.05) is 43.1 Å². The van der Waals surface area contributed by atoms with E-state index in [4.69, 9.17) is 21.4 Å². The Morgan fingerprint density at radius 1 is 1.14 bits per heavy atom. The van der Waals surface area contributed by atoms with Crippen molar-refractivity contribution < 1.29 is 4.74 Å². The van der Waals surface area contributed by atoms with Crippen molar-refractivity contribution in [3.8, 4) is 11.5 Å². The van der Waals surface area contributed by atoms with Gasteiger partial charge in [-0.2, -0.15) is 5.10 Å². The molecule has 0 unspecified atom stereocenters. The van der Waals surface area contributed by atoms with Gasteiger partial charge in [0.25, 0.3) is 0 Å². The number of aromatic nitrogens is 5. The molecular weight excluding hydrogens is 374 g/mol. The number of ether oxygens (including phenoxy) is 1. The fraction of sp³-hybridized carbons (Fsp3) is 0.286. The largest absolute Gasteiger partial charge is 0.379 e. The predicted octanol–water partition coefficient (Wildman–Crippen LogP) is 3.92. The second-order valence-corrected chi connectivity index (χ2v) is 7.60. The standard InChI is InChI=1S/C21H20ClN5O/c1-26-17-4-2-3-16(22)19(17)20(25-26)21-24-9-10-27(21)18-13-28-12-15(18)11-14-5-7-23-8-6-14/h2-10,15,18H,11-13H2,1H3/t15-,18-/m1/s1. The van der Waals surface area contributed by atoms with Gasteiger partial charge in [-0.25, -0.2) is 4.98 Å². The average molecular weight is 394 g/mol. The maximum absolute atomic E-state index is 6.52. The first kappa shape index (κ1) is 17.4. The topological polar surface area (TPSA) is 57.8 Å². The van der Waals surface area contributed by atoms with Crippen molar-refractivity contribution in [3.63, 3.8) is 0 Å². The van der Waals surface area contributed by atoms with Crippen LogP contribution in [0.3, 0.4) is 0 Å². The molecule has 0 radical (unpaired) electrons. The number of benzene rings is 1. The van der Waals surface area contributed by atoms with Gasteiger partial charge in [-0.1, -0.05) is 17.7 Å². The number of nitrogens with zero attached hydrogens (tertiary/aromatic N) is 5. The molecule has 0 aliphatic carbocycles. The lowest BCUT2D eigenvalue weighted by Crippen LogP contribution is -2.20. The minimum atomic E-state index is 0.199. The van der Waals surface area contributed by atoms with Gasteiger partial charge in [-0.05, 0) is 36.2 Å². The van der Waals surface area contributed by atoms with Gasteiger partial charge in [-0.3, -0.25) is 9.67 Å². The number of hydrogen-bond acceptors (Lipinski definition) is 4. The Morgan fingerprint density at radius 2 is 2.00 bits per heavy atom. The van der Waals surface area contributed by atoms with E-state index in [1.807, 2.05) is 54.7 Å². The molecule has 1 saturated heterocycles. The zero-order chi connectivity index (χ0) is 19.1. The fourth-order valence-electron chi connectivity index (χ4n) is 4.10. The lowest BCUT2D eigenvalue weighted by Gasteiger charge is -2.21. The van der Waals surface area contributed by atoms with E-state index in [2.05, 4.69) is 26.7 Å². The maximum Gasteiger partial charge on any atom is 0.161 e. The van der Waals surface area contributed by atoms with E-state index in [-0.39, 0.29) is 6.04 Å². The van der Waals surface area contributed by atoms with Gasteiger partial charge < -0.3 is 9.30 Å². The number of imidazole rings is 1. The maximum atomic E-state index is 6.52. The van der Waals surface area contributed by atoms with E-state index in [0.717, 1.165) is 35.4 Å². The quantitative estimate of drug-likeness (QED) is 0.527. The van der Waals surface area contributed by atoms with Crippen molar-refractivity contribution in [2.24, 2.45) is 13.0 Å². The number of halogens is 1. The summed E-state index contributed by atoms with van der Waals surface area (Å²) in [5.74, 6) is 1.19. The summed E-state index contributed by atoms with van der Waals surface area (Å²) in [4.78, 5) is 8.75. The van der Waals surface area contributed by atoms with E-state index in [1.54, 1.807) is 0 Å². The summed E-state index contributed by atoms with van der Waals surface area (Å²) >= 11 is 6.52. The van der Waals surface area contributed by atoms with Gasteiger partial charge >= 0.3 is 0 Å². The number of aryl methyl sites for hydroxylation is 1. The summed E-state index contributed by atoms with van der Waals surface area (Å²) in [6.07, 6.45) is 8.46. The van der Waals surface area contributed by atoms with Gasteiger partial charge in [0.2, 0.25) is 0 Å². The highest BCUT2D eigenvalue weighted by Gasteiger charge is 2.32. The molecule has 142 valence electrons. The zero-order valence-corrected chi connectivity index (χ0v) is 16.3. The number of rotatable bonds is 4. The molecule has 0 spiro atoms. The minimum absolute atomic E-state index is 0.199. The lowest BCUT2D eigenvalue weighted by atomic mass is 9.95. The molecule has 1 aromatic carbocycles. The lowest BCUT2D eigenvalue weighted by molar-refractivity contribution is 0.181. The number of hydrogen-bond donors (Lipinski definition) is 0. The molecule has 4 heterocycles. The van der Waals surface area contributed by atoms with Crippen molar-refractivity contribution in [2.45, 2.75) is 12.5 Å². The third kappa shape index (κ3) is 2.89. The van der Waals surface area contributed by atoms with Crippen LogP contribution in [0.2, 0.25) is 5.02 Å². The van der Waals surface area contributed by atoms with Crippen LogP contribution in [0.1, 0.15) is 11.6 Å². The van der Waals surface area contributed by atoms with Gasteiger partial charge in [-0.15, -0.1) is 0 Å². The molecule has 2 atom stereocenters. The van der Waals surface area contributed by atoms with Crippen molar-refractivity contribution in [2.75, 3.05) is 13.2 Å². The van der Waals surface area contributed by atoms with Crippen LogP contribution in [0.5, 0.6) is 0 Å². The summed E-state index contributed by atoms with van der Waals surface area (Å²) in [5, 5.41) is 6.35. The molecule has 6 nitrogen and oxygen atoms in total. The summed E-state index contributed by atoms with van der Waals surface area (Å²) in [7, 11) is 1.93. The third-order valence-electron chi connectivity index (χ3n) is 5.48. The second-order valence-electron chi connectivity index (χ2n) is 7.19. The Morgan fingerprint density at radius 3 is 2.86 bits per heavy atom. The van der Waals surface area contributed by atoms with E-state index in [1.165, 1.54) is 5.56 Å². The Bertz CT molecular complexity index is 1120. The predicted molar refractivity (Wildman–Crippen MR) is 108 cm³/mol. The van der Waals surface area contributed by atoms with Gasteiger partial charge in [0.1, 0.15) is 5.69 Å². The van der Waals surface area contributed by atoms with Crippen LogP contribution in [0.25, 0.3) is 22.4 Å². The Labute approximate surface area is 167 Å².